The number of pyridine rings is 1. The van der Waals surface area contributed by atoms with Crippen LogP contribution in [-0.4, -0.2) is 21.2 Å². The van der Waals surface area contributed by atoms with Crippen LogP contribution in [0.4, 0.5) is 0 Å². The molecular weight excluding hydrogens is 760 g/mol. The predicted octanol–water partition coefficient (Wildman–Crippen LogP) is 7.23. The Morgan fingerprint density at radius 1 is 0.596 bits per heavy atom. The SMILES string of the molecule is [Pt+2].[c-]1c(-c2nccc3ccccc23)ccc2c1B1c3[c-]c(-c4nc5ccccc5n4-c4ccccc4)ccc3Oc3cccc(c31)O2. The molecule has 6 aromatic carbocycles. The molecule has 2 aliphatic rings. The van der Waals surface area contributed by atoms with Gasteiger partial charge in [0.2, 0.25) is 6.71 Å². The first kappa shape index (κ1) is 27.8. The summed E-state index contributed by atoms with van der Waals surface area (Å²) < 4.78 is 15.2. The van der Waals surface area contributed by atoms with Gasteiger partial charge < -0.3 is 19.0 Å². The van der Waals surface area contributed by atoms with Crippen molar-refractivity contribution in [3.05, 3.63) is 146 Å². The van der Waals surface area contributed by atoms with Crippen molar-refractivity contribution in [2.45, 2.75) is 0 Å². The van der Waals surface area contributed by atoms with Gasteiger partial charge in [-0.25, -0.2) is 0 Å². The molecular formula is C40H22BN3O2Pt. The molecule has 222 valence electrons. The Hall–Kier alpha value is -5.45. The smallest absolute Gasteiger partial charge is 0.503 e. The summed E-state index contributed by atoms with van der Waals surface area (Å²) in [5.74, 6) is 3.90. The third-order valence-corrected chi connectivity index (χ3v) is 8.95. The Kier molecular flexibility index (Phi) is 6.41. The van der Waals surface area contributed by atoms with Crippen LogP contribution in [0.5, 0.6) is 23.0 Å². The maximum Gasteiger partial charge on any atom is 2.00 e. The van der Waals surface area contributed by atoms with Crippen LogP contribution in [0.2, 0.25) is 0 Å². The summed E-state index contributed by atoms with van der Waals surface area (Å²) in [6.45, 7) is -0.205. The molecule has 0 radical (unpaired) electrons. The van der Waals surface area contributed by atoms with E-state index in [0.29, 0.717) is 0 Å². The van der Waals surface area contributed by atoms with Crippen molar-refractivity contribution in [2.24, 2.45) is 0 Å². The molecule has 2 aliphatic heterocycles. The molecule has 5 nitrogen and oxygen atoms in total. The summed E-state index contributed by atoms with van der Waals surface area (Å²) in [5, 5.41) is 2.22. The summed E-state index contributed by atoms with van der Waals surface area (Å²) >= 11 is 0. The molecule has 0 saturated heterocycles. The monoisotopic (exact) mass is 782 g/mol. The number of hydrogen-bond acceptors (Lipinski definition) is 4. The first-order chi connectivity index (χ1) is 22.8. The van der Waals surface area contributed by atoms with Crippen molar-refractivity contribution in [3.8, 4) is 51.3 Å². The van der Waals surface area contributed by atoms with E-state index in [1.165, 1.54) is 0 Å². The Morgan fingerprint density at radius 3 is 2.09 bits per heavy atom. The Balaban J connectivity index is 0.00000302. The quantitative estimate of drug-likeness (QED) is 0.140. The molecule has 0 amide bonds. The Morgan fingerprint density at radius 2 is 1.28 bits per heavy atom. The van der Waals surface area contributed by atoms with Gasteiger partial charge in [-0.05, 0) is 58.9 Å². The van der Waals surface area contributed by atoms with E-state index in [0.717, 1.165) is 89.5 Å². The van der Waals surface area contributed by atoms with E-state index in [9.17, 15) is 0 Å². The molecule has 10 rings (SSSR count). The molecule has 0 aliphatic carbocycles. The van der Waals surface area contributed by atoms with Gasteiger partial charge in [-0.3, -0.25) is 4.98 Å². The second-order valence-corrected chi connectivity index (χ2v) is 11.6. The normalized spacial score (nSPS) is 12.4. The third kappa shape index (κ3) is 4.29. The summed E-state index contributed by atoms with van der Waals surface area (Å²) in [4.78, 5) is 9.91. The molecule has 0 spiro atoms. The molecule has 0 unspecified atom stereocenters. The molecule has 0 N–H and O–H groups in total. The largest absolute Gasteiger partial charge is 2.00 e. The van der Waals surface area contributed by atoms with Gasteiger partial charge >= 0.3 is 21.1 Å². The van der Waals surface area contributed by atoms with Crippen LogP contribution in [0.25, 0.3) is 50.1 Å². The second kappa shape index (κ2) is 10.8. The molecule has 0 atom stereocenters. The standard InChI is InChI=1S/C40H22BN3O2.Pt/c1-2-10-28(11-3-1)44-33-14-7-6-13-32(33)43-40(44)27-18-20-35-31(24-27)41-30-23-26(39-29-12-5-4-9-25(29)21-22-42-39)17-19-34(30)45-36-15-8-16-37(46-35)38(36)41;/h1-22H;/q-2;+2. The van der Waals surface area contributed by atoms with Crippen molar-refractivity contribution >= 4 is 44.9 Å². The van der Waals surface area contributed by atoms with Crippen molar-refractivity contribution in [1.82, 2.24) is 14.5 Å². The van der Waals surface area contributed by atoms with E-state index in [1.807, 2.05) is 91.1 Å². The molecule has 7 heteroatoms. The van der Waals surface area contributed by atoms with Gasteiger partial charge in [-0.1, -0.05) is 60.7 Å². The molecule has 0 bridgehead atoms. The fraction of sp³-hybridized carbons (Fsp3) is 0. The van der Waals surface area contributed by atoms with Crippen LogP contribution in [0.3, 0.4) is 0 Å². The van der Waals surface area contributed by atoms with Gasteiger partial charge in [0.05, 0.1) is 16.9 Å². The summed E-state index contributed by atoms with van der Waals surface area (Å²) in [7, 11) is 0. The van der Waals surface area contributed by atoms with Gasteiger partial charge in [0, 0.05) is 28.8 Å². The topological polar surface area (TPSA) is 49.2 Å². The molecule has 8 aromatic rings. The fourth-order valence-electron chi connectivity index (χ4n) is 6.91. The maximum absolute atomic E-state index is 6.51. The zero-order chi connectivity index (χ0) is 30.2. The van der Waals surface area contributed by atoms with E-state index >= 15 is 0 Å². The second-order valence-electron chi connectivity index (χ2n) is 11.6. The summed E-state index contributed by atoms with van der Waals surface area (Å²) in [6.07, 6.45) is 1.86. The molecule has 2 aromatic heterocycles. The van der Waals surface area contributed by atoms with E-state index in [-0.39, 0.29) is 27.8 Å². The van der Waals surface area contributed by atoms with Crippen LogP contribution in [0, 0.1) is 12.1 Å². The van der Waals surface area contributed by atoms with Crippen molar-refractivity contribution in [2.75, 3.05) is 0 Å². The van der Waals surface area contributed by atoms with Crippen LogP contribution < -0.4 is 25.9 Å². The molecule has 0 saturated carbocycles. The van der Waals surface area contributed by atoms with Gasteiger partial charge in [0.15, 0.2) is 0 Å². The van der Waals surface area contributed by atoms with Gasteiger partial charge in [-0.2, -0.15) is 0 Å². The van der Waals surface area contributed by atoms with E-state index in [4.69, 9.17) is 19.4 Å². The average Bonchev–Trinajstić information content (AvgIpc) is 3.51. The number of benzene rings is 6. The molecule has 0 fully saturated rings. The first-order valence-electron chi connectivity index (χ1n) is 15.3. The van der Waals surface area contributed by atoms with Crippen LogP contribution in [0.15, 0.2) is 134 Å². The van der Waals surface area contributed by atoms with Crippen LogP contribution in [-0.2, 0) is 21.1 Å². The average molecular weight is 783 g/mol. The molecule has 4 heterocycles. The van der Waals surface area contributed by atoms with E-state index in [2.05, 4.69) is 59.2 Å². The number of para-hydroxylation sites is 3. The third-order valence-electron chi connectivity index (χ3n) is 8.95. The van der Waals surface area contributed by atoms with E-state index in [1.54, 1.807) is 0 Å². The van der Waals surface area contributed by atoms with Crippen molar-refractivity contribution in [3.63, 3.8) is 0 Å². The van der Waals surface area contributed by atoms with E-state index < -0.39 is 0 Å². The van der Waals surface area contributed by atoms with Crippen LogP contribution in [0.1, 0.15) is 0 Å². The maximum atomic E-state index is 6.51. The number of nitrogens with zero attached hydrogens (tertiary/aromatic N) is 3. The zero-order valence-corrected chi connectivity index (χ0v) is 27.0. The predicted molar refractivity (Wildman–Crippen MR) is 183 cm³/mol. The minimum atomic E-state index is -0.205. The number of ether oxygens (including phenoxy) is 2. The van der Waals surface area contributed by atoms with Gasteiger partial charge in [0.1, 0.15) is 11.5 Å². The van der Waals surface area contributed by atoms with Crippen LogP contribution >= 0.6 is 0 Å². The summed E-state index contributed by atoms with van der Waals surface area (Å²) in [6, 6.07) is 50.6. The number of aromatic nitrogens is 3. The minimum Gasteiger partial charge on any atom is -0.503 e. The number of hydrogen-bond donors (Lipinski definition) is 0. The van der Waals surface area contributed by atoms with Gasteiger partial charge in [-0.15, -0.1) is 58.5 Å². The van der Waals surface area contributed by atoms with Crippen molar-refractivity contribution in [1.29, 1.82) is 0 Å². The Bertz CT molecular complexity index is 2490. The number of imidazole rings is 1. The Labute approximate surface area is 285 Å². The van der Waals surface area contributed by atoms with Crippen molar-refractivity contribution < 1.29 is 30.5 Å². The number of fused-ring (bicyclic) bond motifs is 6. The minimum absolute atomic E-state index is 0. The molecule has 47 heavy (non-hydrogen) atoms. The first-order valence-corrected chi connectivity index (χ1v) is 15.3. The van der Waals surface area contributed by atoms with Gasteiger partial charge in [0.25, 0.3) is 0 Å². The fourth-order valence-corrected chi connectivity index (χ4v) is 6.91. The summed E-state index contributed by atoms with van der Waals surface area (Å²) in [5.41, 5.74) is 8.52. The number of rotatable bonds is 3. The zero-order valence-electron chi connectivity index (χ0n) is 24.8.